The number of benzene rings is 2. The highest BCUT2D eigenvalue weighted by molar-refractivity contribution is 7.92. The van der Waals surface area contributed by atoms with Crippen molar-refractivity contribution in [1.82, 2.24) is 5.32 Å². The highest BCUT2D eigenvalue weighted by atomic mass is 35.5. The molecule has 0 radical (unpaired) electrons. The average molecular weight is 459 g/mol. The predicted octanol–water partition coefficient (Wildman–Crippen LogP) is 3.96. The summed E-state index contributed by atoms with van der Waals surface area (Å²) in [5, 5.41) is 3.20. The standard InChI is InChI=1S/C20H24Cl2N2O4S/c1-13-6-5-7-19(14(13)2)28-11-10-23-20(25)15(3)24(29(4,26)27)16-8-9-17(21)18(22)12-16/h5-9,12,15H,10-11H2,1-4H3,(H,23,25). The van der Waals surface area contributed by atoms with Crippen LogP contribution in [0.2, 0.25) is 10.0 Å². The summed E-state index contributed by atoms with van der Waals surface area (Å²) in [4.78, 5) is 12.6. The van der Waals surface area contributed by atoms with Crippen LogP contribution in [0.15, 0.2) is 36.4 Å². The first-order valence-electron chi connectivity index (χ1n) is 8.93. The Bertz CT molecular complexity index is 996. The summed E-state index contributed by atoms with van der Waals surface area (Å²) >= 11 is 11.9. The average Bonchev–Trinajstić information content (AvgIpc) is 2.63. The van der Waals surface area contributed by atoms with Crippen molar-refractivity contribution in [2.45, 2.75) is 26.8 Å². The maximum absolute atomic E-state index is 12.6. The lowest BCUT2D eigenvalue weighted by atomic mass is 10.1. The molecule has 0 saturated carbocycles. The van der Waals surface area contributed by atoms with E-state index in [0.717, 1.165) is 27.4 Å². The SMILES string of the molecule is Cc1cccc(OCCNC(=O)C(C)N(c2ccc(Cl)c(Cl)c2)S(C)(=O)=O)c1C. The minimum Gasteiger partial charge on any atom is -0.491 e. The summed E-state index contributed by atoms with van der Waals surface area (Å²) in [6.45, 7) is 5.95. The quantitative estimate of drug-likeness (QED) is 0.607. The van der Waals surface area contributed by atoms with Crippen LogP contribution < -0.4 is 14.4 Å². The van der Waals surface area contributed by atoms with Gasteiger partial charge in [0.05, 0.1) is 28.5 Å². The van der Waals surface area contributed by atoms with Gasteiger partial charge in [-0.1, -0.05) is 35.3 Å². The molecule has 1 N–H and O–H groups in total. The molecule has 0 saturated heterocycles. The Morgan fingerprint density at radius 3 is 2.48 bits per heavy atom. The van der Waals surface area contributed by atoms with E-state index >= 15 is 0 Å². The van der Waals surface area contributed by atoms with Gasteiger partial charge in [0.25, 0.3) is 0 Å². The summed E-state index contributed by atoms with van der Waals surface area (Å²) in [6, 6.07) is 9.18. The monoisotopic (exact) mass is 458 g/mol. The van der Waals surface area contributed by atoms with Crippen molar-refractivity contribution in [3.63, 3.8) is 0 Å². The Kier molecular flexibility index (Phi) is 7.80. The fourth-order valence-corrected chi connectivity index (χ4v) is 4.25. The molecule has 158 valence electrons. The third-order valence-electron chi connectivity index (χ3n) is 4.46. The van der Waals surface area contributed by atoms with Gasteiger partial charge in [0, 0.05) is 0 Å². The van der Waals surface area contributed by atoms with Crippen LogP contribution in [0.1, 0.15) is 18.1 Å². The number of nitrogens with one attached hydrogen (secondary N) is 1. The van der Waals surface area contributed by atoms with Gasteiger partial charge in [0.15, 0.2) is 0 Å². The van der Waals surface area contributed by atoms with Crippen LogP contribution in [-0.4, -0.2) is 39.8 Å². The highest BCUT2D eigenvalue weighted by Gasteiger charge is 2.29. The fraction of sp³-hybridized carbons (Fsp3) is 0.350. The number of amides is 1. The Labute approximate surface area is 181 Å². The van der Waals surface area contributed by atoms with Crippen molar-refractivity contribution in [2.75, 3.05) is 23.7 Å². The summed E-state index contributed by atoms with van der Waals surface area (Å²) in [6.07, 6.45) is 1.03. The van der Waals surface area contributed by atoms with Gasteiger partial charge < -0.3 is 10.1 Å². The van der Waals surface area contributed by atoms with Crippen molar-refractivity contribution < 1.29 is 17.9 Å². The molecule has 0 aliphatic heterocycles. The molecule has 0 aromatic heterocycles. The summed E-state index contributed by atoms with van der Waals surface area (Å²) in [7, 11) is -3.74. The zero-order chi connectivity index (χ0) is 21.8. The number of ether oxygens (including phenoxy) is 1. The van der Waals surface area contributed by atoms with Crippen LogP contribution in [-0.2, 0) is 14.8 Å². The Morgan fingerprint density at radius 1 is 1.17 bits per heavy atom. The summed E-state index contributed by atoms with van der Waals surface area (Å²) < 4.78 is 31.3. The van der Waals surface area contributed by atoms with Crippen molar-refractivity contribution in [1.29, 1.82) is 0 Å². The number of hydrogen-bond donors (Lipinski definition) is 1. The molecule has 6 nitrogen and oxygen atoms in total. The van der Waals surface area contributed by atoms with E-state index in [1.807, 2.05) is 32.0 Å². The predicted molar refractivity (Wildman–Crippen MR) is 118 cm³/mol. The van der Waals surface area contributed by atoms with Gasteiger partial charge in [-0.3, -0.25) is 9.10 Å². The second-order valence-electron chi connectivity index (χ2n) is 6.67. The van der Waals surface area contributed by atoms with Crippen LogP contribution in [0.3, 0.4) is 0 Å². The van der Waals surface area contributed by atoms with Crippen molar-refractivity contribution in [3.8, 4) is 5.75 Å². The van der Waals surface area contributed by atoms with Gasteiger partial charge in [0.1, 0.15) is 18.4 Å². The fourth-order valence-electron chi connectivity index (χ4n) is 2.79. The Morgan fingerprint density at radius 2 is 1.86 bits per heavy atom. The smallest absolute Gasteiger partial charge is 0.243 e. The molecule has 0 fully saturated rings. The van der Waals surface area contributed by atoms with E-state index in [1.54, 1.807) is 0 Å². The topological polar surface area (TPSA) is 75.7 Å². The van der Waals surface area contributed by atoms with Crippen LogP contribution in [0.5, 0.6) is 5.75 Å². The molecule has 0 heterocycles. The number of rotatable bonds is 8. The molecule has 0 aliphatic rings. The van der Waals surface area contributed by atoms with Crippen molar-refractivity contribution in [3.05, 3.63) is 57.6 Å². The number of nitrogens with zero attached hydrogens (tertiary/aromatic N) is 1. The van der Waals surface area contributed by atoms with Crippen molar-refractivity contribution >= 4 is 44.8 Å². The molecule has 9 heteroatoms. The number of halogens is 2. The van der Waals surface area contributed by atoms with Gasteiger partial charge in [-0.25, -0.2) is 8.42 Å². The van der Waals surface area contributed by atoms with E-state index in [4.69, 9.17) is 27.9 Å². The molecular weight excluding hydrogens is 435 g/mol. The molecule has 2 aromatic rings. The third-order valence-corrected chi connectivity index (χ3v) is 6.44. The summed E-state index contributed by atoms with van der Waals surface area (Å²) in [5.74, 6) is 0.298. The number of hydrogen-bond acceptors (Lipinski definition) is 4. The lowest BCUT2D eigenvalue weighted by Crippen LogP contribution is -2.48. The van der Waals surface area contributed by atoms with Gasteiger partial charge in [-0.15, -0.1) is 0 Å². The Hall–Kier alpha value is -1.96. The van der Waals surface area contributed by atoms with E-state index in [2.05, 4.69) is 5.32 Å². The number of carbonyl (C=O) groups excluding carboxylic acids is 1. The van der Waals surface area contributed by atoms with Crippen LogP contribution in [0, 0.1) is 13.8 Å². The molecule has 1 unspecified atom stereocenters. The first-order valence-corrected chi connectivity index (χ1v) is 11.5. The highest BCUT2D eigenvalue weighted by Crippen LogP contribution is 2.29. The zero-order valence-electron chi connectivity index (χ0n) is 16.7. The number of aryl methyl sites for hydroxylation is 1. The molecule has 1 amide bonds. The number of anilines is 1. The van der Waals surface area contributed by atoms with E-state index in [1.165, 1.54) is 25.1 Å². The molecule has 29 heavy (non-hydrogen) atoms. The van der Waals surface area contributed by atoms with Crippen molar-refractivity contribution in [2.24, 2.45) is 0 Å². The van der Waals surface area contributed by atoms with Crippen LogP contribution in [0.4, 0.5) is 5.69 Å². The molecular formula is C20H24Cl2N2O4S. The van der Waals surface area contributed by atoms with Crippen LogP contribution >= 0.6 is 23.2 Å². The molecule has 0 spiro atoms. The summed E-state index contributed by atoms with van der Waals surface area (Å²) in [5.41, 5.74) is 2.41. The van der Waals surface area contributed by atoms with E-state index in [-0.39, 0.29) is 23.9 Å². The largest absolute Gasteiger partial charge is 0.491 e. The molecule has 0 aliphatic carbocycles. The Balaban J connectivity index is 2.03. The lowest BCUT2D eigenvalue weighted by molar-refractivity contribution is -0.121. The third kappa shape index (κ3) is 6.01. The first-order chi connectivity index (χ1) is 13.5. The van der Waals surface area contributed by atoms with Gasteiger partial charge >= 0.3 is 0 Å². The van der Waals surface area contributed by atoms with E-state index in [9.17, 15) is 13.2 Å². The minimum absolute atomic E-state index is 0.201. The van der Waals surface area contributed by atoms with Gasteiger partial charge in [-0.05, 0) is 56.2 Å². The van der Waals surface area contributed by atoms with E-state index < -0.39 is 22.0 Å². The second kappa shape index (κ2) is 9.69. The minimum atomic E-state index is -3.74. The second-order valence-corrected chi connectivity index (χ2v) is 9.34. The molecule has 2 aromatic carbocycles. The number of sulfonamides is 1. The van der Waals surface area contributed by atoms with Gasteiger partial charge in [0.2, 0.25) is 15.9 Å². The molecule has 1 atom stereocenters. The normalized spacial score (nSPS) is 12.3. The molecule has 2 rings (SSSR count). The van der Waals surface area contributed by atoms with Gasteiger partial charge in [-0.2, -0.15) is 0 Å². The molecule has 0 bridgehead atoms. The van der Waals surface area contributed by atoms with Crippen LogP contribution in [0.25, 0.3) is 0 Å². The van der Waals surface area contributed by atoms with E-state index in [0.29, 0.717) is 5.02 Å². The lowest BCUT2D eigenvalue weighted by Gasteiger charge is -2.28. The zero-order valence-corrected chi connectivity index (χ0v) is 19.0. The number of carbonyl (C=O) groups is 1. The first kappa shape index (κ1) is 23.3. The maximum Gasteiger partial charge on any atom is 0.243 e. The maximum atomic E-state index is 12.6.